The standard InChI is InChI=1S/C20H37N3O5/c1-19(2,3)27-17(25)15-11-9-13-23(15)16(24)14(10-7-8-12-21)22-18(26)28-20(4,5)6/h14-15H,7-13,21H2,1-6H3,(H,22,26)/t14?,15-/m0/s1. The second-order valence-corrected chi connectivity index (χ2v) is 9.21. The van der Waals surface area contributed by atoms with Crippen LogP contribution in [0.15, 0.2) is 0 Å². The number of nitrogens with zero attached hydrogens (tertiary/aromatic N) is 1. The van der Waals surface area contributed by atoms with Gasteiger partial charge in [-0.15, -0.1) is 0 Å². The number of nitrogens with two attached hydrogens (primary N) is 1. The van der Waals surface area contributed by atoms with Crippen LogP contribution in [0.5, 0.6) is 0 Å². The molecule has 0 spiro atoms. The van der Waals surface area contributed by atoms with E-state index in [1.807, 2.05) is 0 Å². The van der Waals surface area contributed by atoms with Crippen molar-refractivity contribution in [2.24, 2.45) is 5.73 Å². The minimum Gasteiger partial charge on any atom is -0.458 e. The summed E-state index contributed by atoms with van der Waals surface area (Å²) in [6, 6.07) is -1.38. The van der Waals surface area contributed by atoms with Crippen molar-refractivity contribution in [3.8, 4) is 0 Å². The highest BCUT2D eigenvalue weighted by molar-refractivity contribution is 5.90. The van der Waals surface area contributed by atoms with Crippen molar-refractivity contribution in [1.82, 2.24) is 10.2 Å². The van der Waals surface area contributed by atoms with Crippen LogP contribution in [0, 0.1) is 0 Å². The number of unbranched alkanes of at least 4 members (excludes halogenated alkanes) is 1. The van der Waals surface area contributed by atoms with E-state index < -0.39 is 35.3 Å². The summed E-state index contributed by atoms with van der Waals surface area (Å²) in [5, 5.41) is 2.67. The number of hydrogen-bond donors (Lipinski definition) is 2. The number of ether oxygens (including phenoxy) is 2. The number of carbonyl (C=O) groups excluding carboxylic acids is 3. The highest BCUT2D eigenvalue weighted by Crippen LogP contribution is 2.23. The van der Waals surface area contributed by atoms with Gasteiger partial charge in [0.05, 0.1) is 0 Å². The molecule has 3 N–H and O–H groups in total. The van der Waals surface area contributed by atoms with Gasteiger partial charge in [-0.1, -0.05) is 0 Å². The van der Waals surface area contributed by atoms with Gasteiger partial charge in [0.2, 0.25) is 5.91 Å². The summed E-state index contributed by atoms with van der Waals surface area (Å²) in [6.45, 7) is 11.7. The van der Waals surface area contributed by atoms with E-state index in [4.69, 9.17) is 15.2 Å². The molecular formula is C20H37N3O5. The SMILES string of the molecule is CC(C)(C)OC(=O)NC(CCCCN)C(=O)N1CCC[C@H]1C(=O)OC(C)(C)C. The zero-order chi connectivity index (χ0) is 21.5. The number of nitrogens with one attached hydrogen (secondary N) is 1. The molecule has 0 aromatic rings. The zero-order valence-electron chi connectivity index (χ0n) is 18.2. The van der Waals surface area contributed by atoms with Crippen LogP contribution in [-0.2, 0) is 19.1 Å². The first-order valence-corrected chi connectivity index (χ1v) is 10.1. The molecule has 0 saturated carbocycles. The van der Waals surface area contributed by atoms with E-state index in [0.717, 1.165) is 12.8 Å². The molecule has 2 atom stereocenters. The Balaban J connectivity index is 2.87. The predicted molar refractivity (Wildman–Crippen MR) is 107 cm³/mol. The number of amides is 2. The van der Waals surface area contributed by atoms with Crippen molar-refractivity contribution in [2.75, 3.05) is 13.1 Å². The molecule has 2 amide bonds. The summed E-state index contributed by atoms with van der Waals surface area (Å²) in [6.07, 6.45) is 2.50. The molecule has 1 heterocycles. The lowest BCUT2D eigenvalue weighted by molar-refractivity contribution is -0.163. The number of alkyl carbamates (subject to hydrolysis) is 1. The van der Waals surface area contributed by atoms with Gasteiger partial charge < -0.3 is 25.4 Å². The average molecular weight is 400 g/mol. The normalized spacial score (nSPS) is 18.5. The summed E-state index contributed by atoms with van der Waals surface area (Å²) in [5.74, 6) is -0.687. The van der Waals surface area contributed by atoms with Gasteiger partial charge in [0.15, 0.2) is 0 Å². The Kier molecular flexibility index (Phi) is 8.73. The summed E-state index contributed by atoms with van der Waals surface area (Å²) < 4.78 is 10.8. The third kappa shape index (κ3) is 8.46. The van der Waals surface area contributed by atoms with Gasteiger partial charge >= 0.3 is 12.1 Å². The van der Waals surface area contributed by atoms with Crippen LogP contribution >= 0.6 is 0 Å². The first-order chi connectivity index (χ1) is 12.8. The molecule has 28 heavy (non-hydrogen) atoms. The number of carbonyl (C=O) groups is 3. The molecule has 1 saturated heterocycles. The van der Waals surface area contributed by atoms with Crippen LogP contribution in [0.4, 0.5) is 4.79 Å². The molecule has 8 heteroatoms. The molecule has 1 rings (SSSR count). The quantitative estimate of drug-likeness (QED) is 0.502. The van der Waals surface area contributed by atoms with Crippen LogP contribution in [0.2, 0.25) is 0 Å². The zero-order valence-corrected chi connectivity index (χ0v) is 18.2. The Labute approximate surface area is 168 Å². The van der Waals surface area contributed by atoms with Crippen molar-refractivity contribution in [3.05, 3.63) is 0 Å². The van der Waals surface area contributed by atoms with Gasteiger partial charge in [-0.05, 0) is 80.2 Å². The molecule has 0 aromatic heterocycles. The van der Waals surface area contributed by atoms with E-state index in [2.05, 4.69) is 5.32 Å². The van der Waals surface area contributed by atoms with E-state index in [0.29, 0.717) is 32.4 Å². The first kappa shape index (κ1) is 24.2. The van der Waals surface area contributed by atoms with E-state index in [-0.39, 0.29) is 5.91 Å². The summed E-state index contributed by atoms with van der Waals surface area (Å²) in [5.41, 5.74) is 4.26. The van der Waals surface area contributed by atoms with Crippen LogP contribution in [0.3, 0.4) is 0 Å². The molecular weight excluding hydrogens is 362 g/mol. The lowest BCUT2D eigenvalue weighted by Gasteiger charge is -2.30. The molecule has 8 nitrogen and oxygen atoms in total. The van der Waals surface area contributed by atoms with Crippen LogP contribution in [-0.4, -0.2) is 59.2 Å². The van der Waals surface area contributed by atoms with Crippen LogP contribution < -0.4 is 11.1 Å². The highest BCUT2D eigenvalue weighted by atomic mass is 16.6. The minimum absolute atomic E-state index is 0.281. The molecule has 1 unspecified atom stereocenters. The molecule has 1 aliphatic heterocycles. The Morgan fingerprint density at radius 3 is 2.21 bits per heavy atom. The summed E-state index contributed by atoms with van der Waals surface area (Å²) in [4.78, 5) is 39.4. The van der Waals surface area contributed by atoms with Gasteiger partial charge in [-0.2, -0.15) is 0 Å². The van der Waals surface area contributed by atoms with Gasteiger partial charge in [0.25, 0.3) is 0 Å². The number of rotatable bonds is 7. The number of hydrogen-bond acceptors (Lipinski definition) is 6. The van der Waals surface area contributed by atoms with Crippen molar-refractivity contribution in [1.29, 1.82) is 0 Å². The van der Waals surface area contributed by atoms with Crippen molar-refractivity contribution < 1.29 is 23.9 Å². The van der Waals surface area contributed by atoms with Gasteiger partial charge in [0, 0.05) is 6.54 Å². The maximum atomic E-state index is 13.1. The molecule has 0 aliphatic carbocycles. The van der Waals surface area contributed by atoms with Gasteiger partial charge in [-0.3, -0.25) is 4.79 Å². The Hall–Kier alpha value is -1.83. The fourth-order valence-electron chi connectivity index (χ4n) is 3.05. The Morgan fingerprint density at radius 1 is 1.07 bits per heavy atom. The lowest BCUT2D eigenvalue weighted by atomic mass is 10.1. The van der Waals surface area contributed by atoms with Gasteiger partial charge in [0.1, 0.15) is 23.3 Å². The van der Waals surface area contributed by atoms with E-state index in [1.165, 1.54) is 4.90 Å². The molecule has 1 fully saturated rings. The second kappa shape index (κ2) is 10.1. The molecule has 162 valence electrons. The highest BCUT2D eigenvalue weighted by Gasteiger charge is 2.39. The van der Waals surface area contributed by atoms with Crippen molar-refractivity contribution in [3.63, 3.8) is 0 Å². The van der Waals surface area contributed by atoms with Crippen molar-refractivity contribution >= 4 is 18.0 Å². The topological polar surface area (TPSA) is 111 Å². The largest absolute Gasteiger partial charge is 0.458 e. The van der Waals surface area contributed by atoms with Gasteiger partial charge in [-0.25, -0.2) is 9.59 Å². The predicted octanol–water partition coefficient (Wildman–Crippen LogP) is 2.34. The van der Waals surface area contributed by atoms with E-state index in [1.54, 1.807) is 41.5 Å². The van der Waals surface area contributed by atoms with Crippen LogP contribution in [0.25, 0.3) is 0 Å². The number of esters is 1. The molecule has 1 aliphatic rings. The smallest absolute Gasteiger partial charge is 0.408 e. The third-order valence-corrected chi connectivity index (χ3v) is 4.15. The van der Waals surface area contributed by atoms with E-state index >= 15 is 0 Å². The molecule has 0 radical (unpaired) electrons. The first-order valence-electron chi connectivity index (χ1n) is 10.1. The second-order valence-electron chi connectivity index (χ2n) is 9.21. The third-order valence-electron chi connectivity index (χ3n) is 4.15. The fourth-order valence-corrected chi connectivity index (χ4v) is 3.05. The minimum atomic E-state index is -0.760. The summed E-state index contributed by atoms with van der Waals surface area (Å²) >= 11 is 0. The lowest BCUT2D eigenvalue weighted by Crippen LogP contribution is -2.53. The fraction of sp³-hybridized carbons (Fsp3) is 0.850. The average Bonchev–Trinajstić information content (AvgIpc) is 2.99. The maximum Gasteiger partial charge on any atom is 0.408 e. The van der Waals surface area contributed by atoms with Crippen LogP contribution in [0.1, 0.15) is 73.6 Å². The number of likely N-dealkylation sites (tertiary alicyclic amines) is 1. The monoisotopic (exact) mass is 399 g/mol. The Bertz CT molecular complexity index is 551. The van der Waals surface area contributed by atoms with E-state index in [9.17, 15) is 14.4 Å². The Morgan fingerprint density at radius 2 is 1.68 bits per heavy atom. The molecule has 0 aromatic carbocycles. The maximum absolute atomic E-state index is 13.1. The molecule has 0 bridgehead atoms. The summed E-state index contributed by atoms with van der Waals surface area (Å²) in [7, 11) is 0. The van der Waals surface area contributed by atoms with Crippen molar-refractivity contribution in [2.45, 2.75) is 96.9 Å².